The Balaban J connectivity index is 2.51. The van der Waals surface area contributed by atoms with Crippen molar-refractivity contribution in [3.8, 4) is 0 Å². The zero-order valence-electron chi connectivity index (χ0n) is 9.12. The van der Waals surface area contributed by atoms with Crippen molar-refractivity contribution in [3.63, 3.8) is 0 Å². The van der Waals surface area contributed by atoms with Gasteiger partial charge in [0.05, 0.1) is 5.69 Å². The molecule has 0 atom stereocenters. The number of anilines is 2. The van der Waals surface area contributed by atoms with Gasteiger partial charge < -0.3 is 16.0 Å². The molecule has 0 radical (unpaired) electrons. The third kappa shape index (κ3) is 2.63. The third-order valence-corrected chi connectivity index (χ3v) is 2.12. The molecule has 1 rings (SSSR count). The summed E-state index contributed by atoms with van der Waals surface area (Å²) in [7, 11) is 5.84. The van der Waals surface area contributed by atoms with Gasteiger partial charge in [0.25, 0.3) is 0 Å². The van der Waals surface area contributed by atoms with Crippen LogP contribution in [-0.4, -0.2) is 37.0 Å². The second-order valence-electron chi connectivity index (χ2n) is 3.46. The van der Waals surface area contributed by atoms with Crippen LogP contribution in [0.3, 0.4) is 0 Å². The van der Waals surface area contributed by atoms with Crippen LogP contribution >= 0.6 is 0 Å². The number of hydrogen-bond acceptors (Lipinski definition) is 4. The number of rotatable bonds is 5. The first kappa shape index (κ1) is 10.8. The van der Waals surface area contributed by atoms with E-state index >= 15 is 0 Å². The maximum absolute atomic E-state index is 5.81. The monoisotopic (exact) mass is 197 g/mol. The molecule has 3 N–H and O–H groups in total. The lowest BCUT2D eigenvalue weighted by Gasteiger charge is -2.16. The molecule has 0 saturated carbocycles. The highest BCUT2D eigenvalue weighted by molar-refractivity contribution is 5.61. The molecule has 0 aliphatic heterocycles. The van der Waals surface area contributed by atoms with E-state index < -0.39 is 0 Å². The zero-order valence-corrected chi connectivity index (χ0v) is 9.12. The minimum Gasteiger partial charge on any atom is -0.394 e. The molecule has 1 aromatic rings. The summed E-state index contributed by atoms with van der Waals surface area (Å²) in [6, 6.07) is 0. The largest absolute Gasteiger partial charge is 0.394 e. The molecular weight excluding hydrogens is 178 g/mol. The highest BCUT2D eigenvalue weighted by atomic mass is 15.3. The van der Waals surface area contributed by atoms with Crippen LogP contribution in [0.2, 0.25) is 0 Å². The fourth-order valence-electron chi connectivity index (χ4n) is 1.39. The fraction of sp³-hybridized carbons (Fsp3) is 0.667. The van der Waals surface area contributed by atoms with Crippen LogP contribution in [0.15, 0.2) is 6.20 Å². The summed E-state index contributed by atoms with van der Waals surface area (Å²) >= 11 is 0. The molecule has 14 heavy (non-hydrogen) atoms. The van der Waals surface area contributed by atoms with Gasteiger partial charge in [0.2, 0.25) is 0 Å². The summed E-state index contributed by atoms with van der Waals surface area (Å²) < 4.78 is 1.74. The lowest BCUT2D eigenvalue weighted by Crippen LogP contribution is -2.23. The van der Waals surface area contributed by atoms with E-state index in [1.807, 2.05) is 27.3 Å². The molecule has 0 spiro atoms. The van der Waals surface area contributed by atoms with Gasteiger partial charge in [-0.3, -0.25) is 4.68 Å². The van der Waals surface area contributed by atoms with Crippen LogP contribution in [-0.2, 0) is 7.05 Å². The van der Waals surface area contributed by atoms with Gasteiger partial charge in [-0.2, -0.15) is 5.10 Å². The van der Waals surface area contributed by atoms with E-state index in [0.29, 0.717) is 0 Å². The minimum absolute atomic E-state index is 0.736. The van der Waals surface area contributed by atoms with Gasteiger partial charge in [0.1, 0.15) is 0 Å². The van der Waals surface area contributed by atoms with Crippen molar-refractivity contribution in [2.75, 3.05) is 37.8 Å². The minimum atomic E-state index is 0.736. The second-order valence-corrected chi connectivity index (χ2v) is 3.46. The Morgan fingerprint density at radius 1 is 1.64 bits per heavy atom. The topological polar surface area (TPSA) is 59.1 Å². The number of nitrogen functional groups attached to an aromatic ring is 1. The van der Waals surface area contributed by atoms with Crippen molar-refractivity contribution in [1.29, 1.82) is 0 Å². The summed E-state index contributed by atoms with van der Waals surface area (Å²) in [6.45, 7) is 1.97. The number of nitrogens with zero attached hydrogens (tertiary/aromatic N) is 3. The first-order valence-corrected chi connectivity index (χ1v) is 4.80. The normalized spacial score (nSPS) is 10.5. The second kappa shape index (κ2) is 4.85. The molecule has 5 heteroatoms. The van der Waals surface area contributed by atoms with Gasteiger partial charge in [-0.15, -0.1) is 0 Å². The maximum Gasteiger partial charge on any atom is 0.173 e. The quantitative estimate of drug-likeness (QED) is 0.655. The van der Waals surface area contributed by atoms with Crippen molar-refractivity contribution >= 4 is 11.5 Å². The molecular formula is C9H19N5. The van der Waals surface area contributed by atoms with Gasteiger partial charge in [-0.05, 0) is 20.0 Å². The molecule has 0 fully saturated rings. The van der Waals surface area contributed by atoms with E-state index in [2.05, 4.69) is 15.3 Å². The SMILES string of the molecule is CNCCCN(C)c1nn(C)cc1N. The van der Waals surface area contributed by atoms with Crippen LogP contribution in [0.25, 0.3) is 0 Å². The van der Waals surface area contributed by atoms with Crippen LogP contribution in [0.1, 0.15) is 6.42 Å². The molecule has 0 bridgehead atoms. The fourth-order valence-corrected chi connectivity index (χ4v) is 1.39. The summed E-state index contributed by atoms with van der Waals surface area (Å²) in [5, 5.41) is 7.40. The van der Waals surface area contributed by atoms with Crippen LogP contribution in [0, 0.1) is 0 Å². The standard InChI is InChI=1S/C9H19N5/c1-11-5-4-6-13(2)9-8(10)7-14(3)12-9/h7,11H,4-6,10H2,1-3H3. The Morgan fingerprint density at radius 2 is 2.36 bits per heavy atom. The van der Waals surface area contributed by atoms with Crippen molar-refractivity contribution in [2.24, 2.45) is 7.05 Å². The summed E-state index contributed by atoms with van der Waals surface area (Å²) in [6.07, 6.45) is 2.91. The number of nitrogens with two attached hydrogens (primary N) is 1. The van der Waals surface area contributed by atoms with Gasteiger partial charge in [0.15, 0.2) is 5.82 Å². The van der Waals surface area contributed by atoms with Crippen molar-refractivity contribution in [1.82, 2.24) is 15.1 Å². The highest BCUT2D eigenvalue weighted by Crippen LogP contribution is 2.18. The van der Waals surface area contributed by atoms with Gasteiger partial charge in [-0.25, -0.2) is 0 Å². The van der Waals surface area contributed by atoms with E-state index in [4.69, 9.17) is 5.73 Å². The van der Waals surface area contributed by atoms with E-state index in [9.17, 15) is 0 Å². The lowest BCUT2D eigenvalue weighted by atomic mass is 10.4. The molecule has 80 valence electrons. The molecule has 0 amide bonds. The van der Waals surface area contributed by atoms with Crippen molar-refractivity contribution in [2.45, 2.75) is 6.42 Å². The van der Waals surface area contributed by atoms with E-state index in [0.717, 1.165) is 31.0 Å². The Hall–Kier alpha value is -1.23. The molecule has 0 aliphatic carbocycles. The van der Waals surface area contributed by atoms with Gasteiger partial charge in [-0.1, -0.05) is 0 Å². The van der Waals surface area contributed by atoms with E-state index in [1.54, 1.807) is 4.68 Å². The third-order valence-electron chi connectivity index (χ3n) is 2.12. The van der Waals surface area contributed by atoms with Crippen molar-refractivity contribution < 1.29 is 0 Å². The average Bonchev–Trinajstić information content (AvgIpc) is 2.45. The van der Waals surface area contributed by atoms with Gasteiger partial charge in [0, 0.05) is 26.8 Å². The Labute approximate surface area is 84.9 Å². The number of hydrogen-bond donors (Lipinski definition) is 2. The molecule has 0 aromatic carbocycles. The van der Waals surface area contributed by atoms with Gasteiger partial charge >= 0.3 is 0 Å². The molecule has 5 nitrogen and oxygen atoms in total. The molecule has 1 aromatic heterocycles. The first-order chi connectivity index (χ1) is 6.65. The Bertz CT molecular complexity index is 281. The summed E-state index contributed by atoms with van der Waals surface area (Å²) in [4.78, 5) is 2.08. The predicted octanol–water partition coefficient (Wildman–Crippen LogP) is 0.0480. The smallest absolute Gasteiger partial charge is 0.173 e. The maximum atomic E-state index is 5.81. The van der Waals surface area contributed by atoms with E-state index in [1.165, 1.54) is 0 Å². The average molecular weight is 197 g/mol. The first-order valence-electron chi connectivity index (χ1n) is 4.80. The Kier molecular flexibility index (Phi) is 3.76. The highest BCUT2D eigenvalue weighted by Gasteiger charge is 2.08. The molecule has 0 aliphatic rings. The molecule has 0 saturated heterocycles. The number of aryl methyl sites for hydroxylation is 1. The number of nitrogens with one attached hydrogen (secondary N) is 1. The summed E-state index contributed by atoms with van der Waals surface area (Å²) in [5.41, 5.74) is 6.54. The number of aromatic nitrogens is 2. The molecule has 0 unspecified atom stereocenters. The van der Waals surface area contributed by atoms with Crippen LogP contribution < -0.4 is 16.0 Å². The van der Waals surface area contributed by atoms with Crippen LogP contribution in [0.5, 0.6) is 0 Å². The lowest BCUT2D eigenvalue weighted by molar-refractivity contribution is 0.698. The Morgan fingerprint density at radius 3 is 2.86 bits per heavy atom. The van der Waals surface area contributed by atoms with Crippen molar-refractivity contribution in [3.05, 3.63) is 6.20 Å². The predicted molar refractivity (Wildman–Crippen MR) is 59.4 cm³/mol. The van der Waals surface area contributed by atoms with Crippen LogP contribution in [0.4, 0.5) is 11.5 Å². The van der Waals surface area contributed by atoms with E-state index in [-0.39, 0.29) is 0 Å². The summed E-state index contributed by atoms with van der Waals surface area (Å²) in [5.74, 6) is 0.864. The zero-order chi connectivity index (χ0) is 10.6. The molecule has 1 heterocycles.